The molecule has 4 saturated carbocycles. The number of allylic oxidation sites excluding steroid dienone is 1. The van der Waals surface area contributed by atoms with Crippen molar-refractivity contribution in [3.63, 3.8) is 0 Å². The first-order valence-corrected chi connectivity index (χ1v) is 11.1. The summed E-state index contributed by atoms with van der Waals surface area (Å²) in [6.07, 6.45) is 12.8. The molecule has 0 amide bonds. The van der Waals surface area contributed by atoms with E-state index in [0.717, 1.165) is 48.9 Å². The van der Waals surface area contributed by atoms with Crippen molar-refractivity contribution in [3.8, 4) is 0 Å². The van der Waals surface area contributed by atoms with Gasteiger partial charge >= 0.3 is 0 Å². The SMILES string of the molecule is C=C(C)[C@H]1CC[C@H]2[C@@H]3CCC4C[C@](O)(CC)CC[C@]4(C)[C@H]3CC[C@]12C. The normalized spacial score (nSPS) is 55.2. The molecule has 0 spiro atoms. The predicted molar refractivity (Wildman–Crippen MR) is 105 cm³/mol. The number of hydrogen-bond acceptors (Lipinski definition) is 1. The Labute approximate surface area is 155 Å². The van der Waals surface area contributed by atoms with E-state index >= 15 is 0 Å². The van der Waals surface area contributed by atoms with Crippen molar-refractivity contribution in [3.05, 3.63) is 12.2 Å². The molecule has 1 heteroatoms. The Morgan fingerprint density at radius 2 is 1.68 bits per heavy atom. The minimum absolute atomic E-state index is 0.362. The van der Waals surface area contributed by atoms with Crippen LogP contribution in [0.5, 0.6) is 0 Å². The average molecular weight is 345 g/mol. The Kier molecular flexibility index (Phi) is 4.23. The van der Waals surface area contributed by atoms with Crippen LogP contribution < -0.4 is 0 Å². The molecule has 25 heavy (non-hydrogen) atoms. The second kappa shape index (κ2) is 5.85. The lowest BCUT2D eigenvalue weighted by Crippen LogP contribution is -2.55. The lowest BCUT2D eigenvalue weighted by atomic mass is 9.43. The molecular formula is C24H40O. The molecule has 0 saturated heterocycles. The highest BCUT2D eigenvalue weighted by atomic mass is 16.3. The highest BCUT2D eigenvalue weighted by Crippen LogP contribution is 2.68. The van der Waals surface area contributed by atoms with Gasteiger partial charge in [-0.1, -0.05) is 32.9 Å². The van der Waals surface area contributed by atoms with Crippen LogP contribution in [0, 0.1) is 40.4 Å². The van der Waals surface area contributed by atoms with Gasteiger partial charge in [0, 0.05) is 0 Å². The van der Waals surface area contributed by atoms with E-state index in [-0.39, 0.29) is 5.60 Å². The molecule has 4 aliphatic rings. The lowest BCUT2D eigenvalue weighted by Gasteiger charge is -2.62. The number of aliphatic hydroxyl groups is 1. The van der Waals surface area contributed by atoms with Gasteiger partial charge in [-0.15, -0.1) is 0 Å². The Hall–Kier alpha value is -0.300. The maximum absolute atomic E-state index is 10.9. The summed E-state index contributed by atoms with van der Waals surface area (Å²) in [7, 11) is 0. The first-order valence-electron chi connectivity index (χ1n) is 11.1. The van der Waals surface area contributed by atoms with Gasteiger partial charge in [-0.25, -0.2) is 0 Å². The lowest BCUT2D eigenvalue weighted by molar-refractivity contribution is -0.150. The highest BCUT2D eigenvalue weighted by Gasteiger charge is 2.61. The van der Waals surface area contributed by atoms with Crippen molar-refractivity contribution in [2.45, 2.75) is 97.5 Å². The molecule has 1 nitrogen and oxygen atoms in total. The van der Waals surface area contributed by atoms with Crippen LogP contribution in [0.4, 0.5) is 0 Å². The maximum Gasteiger partial charge on any atom is 0.0648 e. The fraction of sp³-hybridized carbons (Fsp3) is 0.917. The second-order valence-corrected chi connectivity index (χ2v) is 11.0. The Morgan fingerprint density at radius 1 is 0.960 bits per heavy atom. The van der Waals surface area contributed by atoms with Crippen LogP contribution in [0.3, 0.4) is 0 Å². The van der Waals surface area contributed by atoms with E-state index in [0.29, 0.717) is 10.8 Å². The van der Waals surface area contributed by atoms with Crippen molar-refractivity contribution in [1.82, 2.24) is 0 Å². The zero-order valence-electron chi connectivity index (χ0n) is 17.1. The van der Waals surface area contributed by atoms with Crippen LogP contribution in [0.15, 0.2) is 12.2 Å². The van der Waals surface area contributed by atoms with Gasteiger partial charge in [0.1, 0.15) is 0 Å². The van der Waals surface area contributed by atoms with Crippen molar-refractivity contribution in [1.29, 1.82) is 0 Å². The summed E-state index contributed by atoms with van der Waals surface area (Å²) in [4.78, 5) is 0. The molecule has 0 bridgehead atoms. The highest BCUT2D eigenvalue weighted by molar-refractivity contribution is 5.15. The molecule has 0 heterocycles. The Bertz CT molecular complexity index is 552. The van der Waals surface area contributed by atoms with Crippen LogP contribution >= 0.6 is 0 Å². The van der Waals surface area contributed by atoms with Crippen LogP contribution in [0.2, 0.25) is 0 Å². The third-order valence-corrected chi connectivity index (χ3v) is 10.1. The third-order valence-electron chi connectivity index (χ3n) is 10.1. The standard InChI is InChI=1S/C24H40O/c1-6-24(25)14-13-22(4)17(15-24)7-8-18-20-10-9-19(16(2)3)23(20,5)12-11-21(18)22/h17-21,25H,2,6-15H2,1,3-5H3/t17?,18-,19+,20-,21-,22-,23+,24-/m0/s1. The van der Waals surface area contributed by atoms with E-state index in [2.05, 4.69) is 34.3 Å². The van der Waals surface area contributed by atoms with Gasteiger partial charge in [-0.2, -0.15) is 0 Å². The summed E-state index contributed by atoms with van der Waals surface area (Å²) in [6, 6.07) is 0. The van der Waals surface area contributed by atoms with E-state index in [1.807, 2.05) is 0 Å². The van der Waals surface area contributed by atoms with Crippen molar-refractivity contribution in [2.24, 2.45) is 40.4 Å². The summed E-state index contributed by atoms with van der Waals surface area (Å²) in [5.41, 5.74) is 2.09. The monoisotopic (exact) mass is 344 g/mol. The molecule has 8 atom stereocenters. The van der Waals surface area contributed by atoms with Gasteiger partial charge in [0.05, 0.1) is 5.60 Å². The van der Waals surface area contributed by atoms with Gasteiger partial charge in [-0.3, -0.25) is 0 Å². The summed E-state index contributed by atoms with van der Waals surface area (Å²) in [5.74, 6) is 4.31. The fourth-order valence-electron chi connectivity index (χ4n) is 8.45. The minimum atomic E-state index is -0.362. The summed E-state index contributed by atoms with van der Waals surface area (Å²) in [5, 5.41) is 10.9. The molecule has 0 aromatic rings. The molecule has 1 N–H and O–H groups in total. The van der Waals surface area contributed by atoms with E-state index in [1.54, 1.807) is 0 Å². The quantitative estimate of drug-likeness (QED) is 0.578. The molecule has 4 aliphatic carbocycles. The fourth-order valence-corrected chi connectivity index (χ4v) is 8.45. The van der Waals surface area contributed by atoms with E-state index in [9.17, 15) is 5.11 Å². The smallest absolute Gasteiger partial charge is 0.0648 e. The molecule has 0 aromatic carbocycles. The van der Waals surface area contributed by atoms with Crippen molar-refractivity contribution in [2.75, 3.05) is 0 Å². The molecule has 142 valence electrons. The number of hydrogen-bond donors (Lipinski definition) is 1. The summed E-state index contributed by atoms with van der Waals surface area (Å²) < 4.78 is 0. The van der Waals surface area contributed by atoms with Crippen molar-refractivity contribution < 1.29 is 5.11 Å². The summed E-state index contributed by atoms with van der Waals surface area (Å²) in [6.45, 7) is 14.0. The first kappa shape index (κ1) is 18.1. The molecule has 4 fully saturated rings. The van der Waals surface area contributed by atoms with Gasteiger partial charge in [-0.05, 0) is 112 Å². The first-order chi connectivity index (χ1) is 11.7. The zero-order valence-corrected chi connectivity index (χ0v) is 17.1. The van der Waals surface area contributed by atoms with Gasteiger partial charge in [0.2, 0.25) is 0 Å². The minimum Gasteiger partial charge on any atom is -0.390 e. The molecule has 0 radical (unpaired) electrons. The second-order valence-electron chi connectivity index (χ2n) is 11.0. The molecule has 4 rings (SSSR count). The number of rotatable bonds is 2. The maximum atomic E-state index is 10.9. The van der Waals surface area contributed by atoms with E-state index < -0.39 is 0 Å². The van der Waals surface area contributed by atoms with Crippen LogP contribution in [-0.4, -0.2) is 10.7 Å². The topological polar surface area (TPSA) is 20.2 Å². The summed E-state index contributed by atoms with van der Waals surface area (Å²) >= 11 is 0. The van der Waals surface area contributed by atoms with E-state index in [1.165, 1.54) is 50.5 Å². The molecule has 0 aliphatic heterocycles. The van der Waals surface area contributed by atoms with Crippen molar-refractivity contribution >= 4 is 0 Å². The van der Waals surface area contributed by atoms with Crippen LogP contribution in [0.1, 0.15) is 91.9 Å². The molecule has 1 unspecified atom stereocenters. The third kappa shape index (κ3) is 2.51. The zero-order chi connectivity index (χ0) is 18.0. The van der Waals surface area contributed by atoms with Crippen LogP contribution in [-0.2, 0) is 0 Å². The van der Waals surface area contributed by atoms with Gasteiger partial charge in [0.15, 0.2) is 0 Å². The largest absolute Gasteiger partial charge is 0.390 e. The van der Waals surface area contributed by atoms with Gasteiger partial charge < -0.3 is 5.11 Å². The Morgan fingerprint density at radius 3 is 2.36 bits per heavy atom. The van der Waals surface area contributed by atoms with Crippen LogP contribution in [0.25, 0.3) is 0 Å². The molecular weight excluding hydrogens is 304 g/mol. The molecule has 0 aromatic heterocycles. The van der Waals surface area contributed by atoms with E-state index in [4.69, 9.17) is 0 Å². The Balaban J connectivity index is 1.59. The average Bonchev–Trinajstić information content (AvgIpc) is 2.93. The predicted octanol–water partition coefficient (Wildman–Crippen LogP) is 6.36. The van der Waals surface area contributed by atoms with Gasteiger partial charge in [0.25, 0.3) is 0 Å². The number of fused-ring (bicyclic) bond motifs is 5.